The number of benzene rings is 1. The van der Waals surface area contributed by atoms with Gasteiger partial charge in [-0.3, -0.25) is 19.8 Å². The largest absolute Gasteiger partial charge is 0.465 e. The summed E-state index contributed by atoms with van der Waals surface area (Å²) in [7, 11) is 1.68. The molecule has 3 amide bonds. The average molecular weight is 487 g/mol. The number of piperidine rings is 1. The van der Waals surface area contributed by atoms with Gasteiger partial charge in [-0.25, -0.2) is 14.8 Å². The molecule has 10 nitrogen and oxygen atoms in total. The smallest absolute Gasteiger partial charge is 0.409 e. The highest BCUT2D eigenvalue weighted by molar-refractivity contribution is 7.15. The number of aliphatic imine (C=N–C) groups is 1. The van der Waals surface area contributed by atoms with Gasteiger partial charge >= 0.3 is 6.09 Å². The Morgan fingerprint density at radius 1 is 1.21 bits per heavy atom. The zero-order valence-corrected chi connectivity index (χ0v) is 20.2. The number of carboxylic acid groups (broad SMARTS) is 1. The predicted molar refractivity (Wildman–Crippen MR) is 132 cm³/mol. The van der Waals surface area contributed by atoms with Gasteiger partial charge in [0.2, 0.25) is 11.8 Å². The molecule has 3 rings (SSSR count). The van der Waals surface area contributed by atoms with E-state index in [4.69, 9.17) is 5.11 Å². The number of thiazole rings is 1. The average Bonchev–Trinajstić information content (AvgIpc) is 3.18. The van der Waals surface area contributed by atoms with Crippen LogP contribution in [0.2, 0.25) is 0 Å². The Hall–Kier alpha value is -3.31. The van der Waals surface area contributed by atoms with Gasteiger partial charge in [0.05, 0.1) is 17.7 Å². The van der Waals surface area contributed by atoms with Crippen LogP contribution in [0, 0.1) is 5.92 Å². The first-order valence-corrected chi connectivity index (χ1v) is 12.0. The zero-order valence-electron chi connectivity index (χ0n) is 19.3. The van der Waals surface area contributed by atoms with Gasteiger partial charge in [0, 0.05) is 31.3 Å². The van der Waals surface area contributed by atoms with E-state index in [-0.39, 0.29) is 17.7 Å². The molecule has 0 aliphatic carbocycles. The summed E-state index contributed by atoms with van der Waals surface area (Å²) in [5, 5.41) is 16.8. The second-order valence-electron chi connectivity index (χ2n) is 8.11. The van der Waals surface area contributed by atoms with E-state index < -0.39 is 6.09 Å². The van der Waals surface area contributed by atoms with E-state index in [2.05, 4.69) is 30.8 Å². The number of aromatic nitrogens is 1. The molecule has 1 aliphatic rings. The summed E-state index contributed by atoms with van der Waals surface area (Å²) < 4.78 is 0. The predicted octanol–water partition coefficient (Wildman–Crippen LogP) is 2.77. The molecule has 1 aromatic heterocycles. The van der Waals surface area contributed by atoms with Crippen molar-refractivity contribution < 1.29 is 19.5 Å². The van der Waals surface area contributed by atoms with E-state index in [9.17, 15) is 14.4 Å². The molecule has 4 N–H and O–H groups in total. The summed E-state index contributed by atoms with van der Waals surface area (Å²) in [5.74, 6) is 0.0389. The van der Waals surface area contributed by atoms with Crippen molar-refractivity contribution >= 4 is 46.4 Å². The van der Waals surface area contributed by atoms with E-state index in [1.807, 2.05) is 24.3 Å². The molecule has 0 atom stereocenters. The number of rotatable bonds is 9. The Labute approximate surface area is 202 Å². The van der Waals surface area contributed by atoms with Gasteiger partial charge in [0.15, 0.2) is 5.13 Å². The molecule has 0 unspecified atom stereocenters. The lowest BCUT2D eigenvalue weighted by Crippen LogP contribution is -2.39. The highest BCUT2D eigenvalue weighted by atomic mass is 32.1. The van der Waals surface area contributed by atoms with E-state index in [0.717, 1.165) is 67.8 Å². The molecule has 1 aliphatic heterocycles. The van der Waals surface area contributed by atoms with Crippen LogP contribution < -0.4 is 16.0 Å². The highest BCUT2D eigenvalue weighted by Gasteiger charge is 2.25. The van der Waals surface area contributed by atoms with Crippen LogP contribution in [0.4, 0.5) is 15.6 Å². The fourth-order valence-electron chi connectivity index (χ4n) is 3.84. The van der Waals surface area contributed by atoms with Gasteiger partial charge in [-0.1, -0.05) is 12.1 Å². The van der Waals surface area contributed by atoms with Crippen LogP contribution in [0.1, 0.15) is 35.9 Å². The molecule has 2 aromatic rings. The van der Waals surface area contributed by atoms with Crippen molar-refractivity contribution in [2.24, 2.45) is 10.9 Å². The number of likely N-dealkylation sites (tertiary alicyclic amines) is 1. The highest BCUT2D eigenvalue weighted by Crippen LogP contribution is 2.28. The zero-order chi connectivity index (χ0) is 24.5. The lowest BCUT2D eigenvalue weighted by atomic mass is 9.96. The summed E-state index contributed by atoms with van der Waals surface area (Å²) in [6, 6.07) is 7.57. The van der Waals surface area contributed by atoms with Crippen LogP contribution in [-0.4, -0.2) is 59.4 Å². The van der Waals surface area contributed by atoms with Crippen molar-refractivity contribution in [3.05, 3.63) is 40.4 Å². The first-order chi connectivity index (χ1) is 16.3. The second kappa shape index (κ2) is 12.2. The van der Waals surface area contributed by atoms with Gasteiger partial charge in [-0.05, 0) is 56.5 Å². The van der Waals surface area contributed by atoms with Crippen LogP contribution in [0.25, 0.3) is 0 Å². The van der Waals surface area contributed by atoms with Crippen molar-refractivity contribution in [3.8, 4) is 0 Å². The lowest BCUT2D eigenvalue weighted by molar-refractivity contribution is -0.126. The van der Waals surface area contributed by atoms with Crippen LogP contribution in [0.15, 0.2) is 29.3 Å². The maximum Gasteiger partial charge on any atom is 0.409 e. The minimum absolute atomic E-state index is 0.0735. The quantitative estimate of drug-likeness (QED) is 0.318. The summed E-state index contributed by atoms with van der Waals surface area (Å²) >= 11 is 1.50. The van der Waals surface area contributed by atoms with E-state index in [1.165, 1.54) is 18.3 Å². The standard InChI is InChI=1S/C23H30N6O4S/c1-15(30)27-22-28-19(8-5-16-3-6-18(7-4-16)25-14-26-23(32)33)20(34-22)13-29-11-9-17(10-12-29)21(31)24-2/h3-4,6-7,14,17H,5,8-13H2,1-2H3,(H,24,31)(H,25,26)(H,32,33)(H,27,28,30). The van der Waals surface area contributed by atoms with Crippen molar-refractivity contribution in [3.63, 3.8) is 0 Å². The molecule has 0 spiro atoms. The van der Waals surface area contributed by atoms with Crippen LogP contribution in [-0.2, 0) is 29.0 Å². The number of aryl methyl sites for hydroxylation is 2. The van der Waals surface area contributed by atoms with Gasteiger partial charge in [-0.15, -0.1) is 11.3 Å². The Morgan fingerprint density at radius 3 is 2.53 bits per heavy atom. The SMILES string of the molecule is CNC(=O)C1CCN(Cc2sc(NC(C)=O)nc2CCc2ccc(N=CNC(=O)O)cc2)CC1. The van der Waals surface area contributed by atoms with Crippen LogP contribution in [0.3, 0.4) is 0 Å². The van der Waals surface area contributed by atoms with Gasteiger partial charge < -0.3 is 15.7 Å². The Kier molecular flexibility index (Phi) is 9.11. The van der Waals surface area contributed by atoms with Crippen molar-refractivity contribution in [2.75, 3.05) is 25.5 Å². The monoisotopic (exact) mass is 486 g/mol. The summed E-state index contributed by atoms with van der Waals surface area (Å²) in [4.78, 5) is 46.1. The number of hydrogen-bond acceptors (Lipinski definition) is 7. The van der Waals surface area contributed by atoms with E-state index >= 15 is 0 Å². The Bertz CT molecular complexity index is 1030. The number of hydrogen-bond donors (Lipinski definition) is 4. The molecule has 1 fully saturated rings. The third kappa shape index (κ3) is 7.63. The molecule has 2 heterocycles. The van der Waals surface area contributed by atoms with E-state index in [1.54, 1.807) is 7.05 Å². The van der Waals surface area contributed by atoms with Gasteiger partial charge in [0.1, 0.15) is 0 Å². The summed E-state index contributed by atoms with van der Waals surface area (Å²) in [5.41, 5.74) is 2.73. The molecule has 1 saturated heterocycles. The molecular formula is C23H30N6O4S. The molecular weight excluding hydrogens is 456 g/mol. The normalized spacial score (nSPS) is 14.8. The summed E-state index contributed by atoms with van der Waals surface area (Å²) in [6.07, 6.45) is 3.15. The number of nitrogens with one attached hydrogen (secondary N) is 3. The van der Waals surface area contributed by atoms with Crippen molar-refractivity contribution in [1.82, 2.24) is 20.5 Å². The molecule has 34 heavy (non-hydrogen) atoms. The number of anilines is 1. The van der Waals surface area contributed by atoms with Crippen LogP contribution >= 0.6 is 11.3 Å². The third-order valence-corrected chi connectivity index (χ3v) is 6.62. The fourth-order valence-corrected chi connectivity index (χ4v) is 4.94. The number of nitrogens with zero attached hydrogens (tertiary/aromatic N) is 3. The first-order valence-electron chi connectivity index (χ1n) is 11.1. The molecule has 11 heteroatoms. The molecule has 0 bridgehead atoms. The van der Waals surface area contributed by atoms with Crippen molar-refractivity contribution in [1.29, 1.82) is 0 Å². The van der Waals surface area contributed by atoms with Gasteiger partial charge in [0.25, 0.3) is 0 Å². The maximum absolute atomic E-state index is 11.9. The Balaban J connectivity index is 1.62. The number of carbonyl (C=O) groups is 3. The minimum atomic E-state index is -1.16. The molecule has 182 valence electrons. The maximum atomic E-state index is 11.9. The lowest BCUT2D eigenvalue weighted by Gasteiger charge is -2.30. The molecule has 0 radical (unpaired) electrons. The third-order valence-electron chi connectivity index (χ3n) is 5.62. The first kappa shape index (κ1) is 25.3. The second-order valence-corrected chi connectivity index (χ2v) is 9.19. The van der Waals surface area contributed by atoms with Crippen LogP contribution in [0.5, 0.6) is 0 Å². The fraction of sp³-hybridized carbons (Fsp3) is 0.435. The summed E-state index contributed by atoms with van der Waals surface area (Å²) in [6.45, 7) is 3.92. The molecule has 0 saturated carbocycles. The number of carbonyl (C=O) groups excluding carboxylic acids is 2. The minimum Gasteiger partial charge on any atom is -0.465 e. The number of amides is 3. The molecule has 1 aromatic carbocycles. The van der Waals surface area contributed by atoms with E-state index in [0.29, 0.717) is 10.8 Å². The van der Waals surface area contributed by atoms with Crippen molar-refractivity contribution in [2.45, 2.75) is 39.2 Å². The topological polar surface area (TPSA) is 136 Å². The Morgan fingerprint density at radius 2 is 1.91 bits per heavy atom. The van der Waals surface area contributed by atoms with Gasteiger partial charge in [-0.2, -0.15) is 0 Å².